The van der Waals surface area contributed by atoms with Crippen molar-refractivity contribution in [2.24, 2.45) is 5.92 Å². The molecule has 1 fully saturated rings. The Morgan fingerprint density at radius 2 is 2.15 bits per heavy atom. The SMILES string of the molecule is CC(C1CC1)n1cc(C(=O)O)c(-c2ccccc2F)n1. The zero-order chi connectivity index (χ0) is 14.3. The fourth-order valence-electron chi connectivity index (χ4n) is 2.40. The topological polar surface area (TPSA) is 55.1 Å². The number of aromatic nitrogens is 2. The van der Waals surface area contributed by atoms with Crippen molar-refractivity contribution < 1.29 is 14.3 Å². The highest BCUT2D eigenvalue weighted by Gasteiger charge is 2.31. The lowest BCUT2D eigenvalue weighted by Gasteiger charge is -2.09. The smallest absolute Gasteiger partial charge is 0.339 e. The van der Waals surface area contributed by atoms with Gasteiger partial charge in [0.25, 0.3) is 0 Å². The number of carboxylic acids is 1. The van der Waals surface area contributed by atoms with Gasteiger partial charge in [-0.1, -0.05) is 12.1 Å². The first-order chi connectivity index (χ1) is 9.58. The highest BCUT2D eigenvalue weighted by atomic mass is 19.1. The Bertz CT molecular complexity index is 662. The van der Waals surface area contributed by atoms with Gasteiger partial charge in [0, 0.05) is 11.8 Å². The summed E-state index contributed by atoms with van der Waals surface area (Å²) >= 11 is 0. The fraction of sp³-hybridized carbons (Fsp3) is 0.333. The molecule has 1 aromatic heterocycles. The molecule has 3 rings (SSSR count). The molecule has 0 amide bonds. The molecule has 1 aliphatic rings. The zero-order valence-electron chi connectivity index (χ0n) is 11.1. The van der Waals surface area contributed by atoms with Gasteiger partial charge in [-0.25, -0.2) is 9.18 Å². The lowest BCUT2D eigenvalue weighted by molar-refractivity contribution is 0.0697. The highest BCUT2D eigenvalue weighted by molar-refractivity contribution is 5.94. The molecule has 1 unspecified atom stereocenters. The van der Waals surface area contributed by atoms with Gasteiger partial charge in [0.2, 0.25) is 0 Å². The van der Waals surface area contributed by atoms with Crippen molar-refractivity contribution in [2.45, 2.75) is 25.8 Å². The number of halogens is 1. The van der Waals surface area contributed by atoms with Gasteiger partial charge in [0.1, 0.15) is 17.1 Å². The Morgan fingerprint density at radius 1 is 1.45 bits per heavy atom. The Morgan fingerprint density at radius 3 is 2.75 bits per heavy atom. The lowest BCUT2D eigenvalue weighted by Crippen LogP contribution is -2.07. The molecule has 1 heterocycles. The summed E-state index contributed by atoms with van der Waals surface area (Å²) in [7, 11) is 0. The van der Waals surface area contributed by atoms with Crippen molar-refractivity contribution in [3.63, 3.8) is 0 Å². The Hall–Kier alpha value is -2.17. The van der Waals surface area contributed by atoms with E-state index in [1.807, 2.05) is 6.92 Å². The summed E-state index contributed by atoms with van der Waals surface area (Å²) in [6.45, 7) is 2.02. The molecule has 2 aromatic rings. The maximum Gasteiger partial charge on any atom is 0.339 e. The van der Waals surface area contributed by atoms with Crippen LogP contribution in [0.25, 0.3) is 11.3 Å². The third kappa shape index (κ3) is 2.19. The van der Waals surface area contributed by atoms with Crippen molar-refractivity contribution in [3.05, 3.63) is 41.8 Å². The standard InChI is InChI=1S/C15H15FN2O2/c1-9(10-6-7-10)18-8-12(15(19)20)14(17-18)11-4-2-3-5-13(11)16/h2-5,8-10H,6-7H2,1H3,(H,19,20). The van der Waals surface area contributed by atoms with Crippen molar-refractivity contribution in [1.29, 1.82) is 0 Å². The number of aromatic carboxylic acids is 1. The number of carbonyl (C=O) groups is 1. The lowest BCUT2D eigenvalue weighted by atomic mass is 10.1. The first-order valence-corrected chi connectivity index (χ1v) is 6.65. The summed E-state index contributed by atoms with van der Waals surface area (Å²) in [6, 6.07) is 6.26. The van der Waals surface area contributed by atoms with Gasteiger partial charge in [-0.15, -0.1) is 0 Å². The van der Waals surface area contributed by atoms with Gasteiger partial charge < -0.3 is 5.11 Å². The molecular weight excluding hydrogens is 259 g/mol. The van der Waals surface area contributed by atoms with Crippen LogP contribution in [-0.4, -0.2) is 20.9 Å². The van der Waals surface area contributed by atoms with Crippen LogP contribution in [0, 0.1) is 11.7 Å². The van der Waals surface area contributed by atoms with E-state index < -0.39 is 11.8 Å². The molecule has 1 aromatic carbocycles. The molecule has 0 aliphatic heterocycles. The average molecular weight is 274 g/mol. The van der Waals surface area contributed by atoms with Crippen LogP contribution in [0.2, 0.25) is 0 Å². The van der Waals surface area contributed by atoms with Gasteiger partial charge >= 0.3 is 5.97 Å². The molecule has 1 N–H and O–H groups in total. The average Bonchev–Trinajstić information content (AvgIpc) is 3.17. The monoisotopic (exact) mass is 274 g/mol. The summed E-state index contributed by atoms with van der Waals surface area (Å²) in [5.74, 6) is -0.998. The van der Waals surface area contributed by atoms with E-state index in [0.717, 1.165) is 12.8 Å². The molecular formula is C15H15FN2O2. The first-order valence-electron chi connectivity index (χ1n) is 6.65. The van der Waals surface area contributed by atoms with Crippen LogP contribution in [-0.2, 0) is 0 Å². The molecule has 0 bridgehead atoms. The fourth-order valence-corrected chi connectivity index (χ4v) is 2.40. The van der Waals surface area contributed by atoms with Crippen LogP contribution in [0.4, 0.5) is 4.39 Å². The number of hydrogen-bond acceptors (Lipinski definition) is 2. The van der Waals surface area contributed by atoms with Gasteiger partial charge in [0.05, 0.1) is 6.04 Å². The molecule has 0 radical (unpaired) electrons. The molecule has 1 atom stereocenters. The maximum atomic E-state index is 13.9. The minimum atomic E-state index is -1.09. The summed E-state index contributed by atoms with van der Waals surface area (Å²) in [5, 5.41) is 13.6. The first kappa shape index (κ1) is 12.8. The van der Waals surface area contributed by atoms with Crippen LogP contribution < -0.4 is 0 Å². The second-order valence-corrected chi connectivity index (χ2v) is 5.23. The molecule has 1 saturated carbocycles. The molecule has 5 heteroatoms. The Kier molecular flexibility index (Phi) is 3.04. The van der Waals surface area contributed by atoms with Gasteiger partial charge in [-0.05, 0) is 37.8 Å². The quantitative estimate of drug-likeness (QED) is 0.930. The van der Waals surface area contributed by atoms with E-state index in [1.165, 1.54) is 12.3 Å². The maximum absolute atomic E-state index is 13.9. The van der Waals surface area contributed by atoms with Crippen LogP contribution in [0.1, 0.15) is 36.2 Å². The minimum Gasteiger partial charge on any atom is -0.478 e. The molecule has 1 aliphatic carbocycles. The third-order valence-electron chi connectivity index (χ3n) is 3.81. The normalized spacial score (nSPS) is 16.1. The second kappa shape index (κ2) is 4.74. The van der Waals surface area contributed by atoms with Gasteiger partial charge in [-0.2, -0.15) is 5.10 Å². The molecule has 4 nitrogen and oxygen atoms in total. The summed E-state index contributed by atoms with van der Waals surface area (Å²) in [6.07, 6.45) is 3.78. The van der Waals surface area contributed by atoms with Crippen molar-refractivity contribution in [2.75, 3.05) is 0 Å². The number of nitrogens with zero attached hydrogens (tertiary/aromatic N) is 2. The van der Waals surface area contributed by atoms with Crippen LogP contribution in [0.3, 0.4) is 0 Å². The zero-order valence-corrected chi connectivity index (χ0v) is 11.1. The highest BCUT2D eigenvalue weighted by Crippen LogP contribution is 2.40. The summed E-state index contributed by atoms with van der Waals surface area (Å²) in [5.41, 5.74) is 0.470. The van der Waals surface area contributed by atoms with E-state index >= 15 is 0 Å². The van der Waals surface area contributed by atoms with Crippen molar-refractivity contribution in [1.82, 2.24) is 9.78 Å². The van der Waals surface area contributed by atoms with E-state index in [0.29, 0.717) is 5.92 Å². The Balaban J connectivity index is 2.09. The number of hydrogen-bond donors (Lipinski definition) is 1. The summed E-state index contributed by atoms with van der Waals surface area (Å²) in [4.78, 5) is 11.4. The number of benzene rings is 1. The summed E-state index contributed by atoms with van der Waals surface area (Å²) < 4.78 is 15.5. The molecule has 104 valence electrons. The number of carboxylic acid groups (broad SMARTS) is 1. The van der Waals surface area contributed by atoms with E-state index in [-0.39, 0.29) is 22.9 Å². The molecule has 0 saturated heterocycles. The second-order valence-electron chi connectivity index (χ2n) is 5.23. The predicted octanol–water partition coefficient (Wildman–Crippen LogP) is 3.36. The van der Waals surface area contributed by atoms with Crippen LogP contribution >= 0.6 is 0 Å². The van der Waals surface area contributed by atoms with Crippen molar-refractivity contribution >= 4 is 5.97 Å². The van der Waals surface area contributed by atoms with Crippen LogP contribution in [0.15, 0.2) is 30.5 Å². The van der Waals surface area contributed by atoms with E-state index in [2.05, 4.69) is 5.10 Å². The van der Waals surface area contributed by atoms with E-state index in [9.17, 15) is 14.3 Å². The third-order valence-corrected chi connectivity index (χ3v) is 3.81. The van der Waals surface area contributed by atoms with Gasteiger partial charge in [0.15, 0.2) is 0 Å². The number of rotatable bonds is 4. The largest absolute Gasteiger partial charge is 0.478 e. The predicted molar refractivity (Wildman–Crippen MR) is 72.0 cm³/mol. The minimum absolute atomic E-state index is 0.0441. The van der Waals surface area contributed by atoms with E-state index in [4.69, 9.17) is 0 Å². The van der Waals surface area contributed by atoms with Crippen molar-refractivity contribution in [3.8, 4) is 11.3 Å². The Labute approximate surface area is 115 Å². The van der Waals surface area contributed by atoms with E-state index in [1.54, 1.807) is 22.9 Å². The molecule has 20 heavy (non-hydrogen) atoms. The molecule has 0 spiro atoms. The van der Waals surface area contributed by atoms with Gasteiger partial charge in [-0.3, -0.25) is 4.68 Å². The van der Waals surface area contributed by atoms with Crippen LogP contribution in [0.5, 0.6) is 0 Å².